The third kappa shape index (κ3) is 10.4. The summed E-state index contributed by atoms with van der Waals surface area (Å²) >= 11 is 0. The van der Waals surface area contributed by atoms with E-state index in [9.17, 15) is 20.0 Å². The molecule has 1 aromatic rings. The first-order valence-corrected chi connectivity index (χ1v) is 12.6. The largest absolute Gasteiger partial charge is 0.550 e. The van der Waals surface area contributed by atoms with E-state index in [1.807, 2.05) is 50.5 Å². The van der Waals surface area contributed by atoms with Crippen molar-refractivity contribution >= 4 is 30.0 Å². The molecule has 1 aliphatic heterocycles. The highest BCUT2D eigenvalue weighted by Crippen LogP contribution is 2.17. The van der Waals surface area contributed by atoms with Crippen LogP contribution in [0.2, 0.25) is 0 Å². The molecule has 0 amide bonds. The van der Waals surface area contributed by atoms with Gasteiger partial charge in [0, 0.05) is 24.7 Å². The first kappa shape index (κ1) is 30.6. The summed E-state index contributed by atoms with van der Waals surface area (Å²) in [6, 6.07) is 9.70. The summed E-state index contributed by atoms with van der Waals surface area (Å²) in [4.78, 5) is 28.7. The van der Waals surface area contributed by atoms with Crippen molar-refractivity contribution in [3.05, 3.63) is 47.8 Å². The molecule has 0 fully saturated rings. The SMILES string of the molecule is CCCCC(CC)C(=O)[O-].CCN(CC)c1ccc(/C=C(/C#N)C(=O)OCC[N+]2(C)C=CN=C2)cc1. The molecule has 196 valence electrons. The van der Waals surface area contributed by atoms with Crippen LogP contribution in [0.5, 0.6) is 0 Å². The van der Waals surface area contributed by atoms with Crippen molar-refractivity contribution in [2.45, 2.75) is 53.4 Å². The number of hydrogen-bond acceptors (Lipinski definition) is 7. The van der Waals surface area contributed by atoms with Crippen molar-refractivity contribution in [3.63, 3.8) is 0 Å². The van der Waals surface area contributed by atoms with Crippen LogP contribution < -0.4 is 10.0 Å². The maximum absolute atomic E-state index is 12.1. The van der Waals surface area contributed by atoms with Gasteiger partial charge >= 0.3 is 5.97 Å². The van der Waals surface area contributed by atoms with Crippen LogP contribution in [0, 0.1) is 17.2 Å². The first-order valence-electron chi connectivity index (χ1n) is 12.6. The number of carboxylic acids is 1. The number of aliphatic carboxylic acids is 1. The van der Waals surface area contributed by atoms with Crippen LogP contribution in [-0.2, 0) is 14.3 Å². The Balaban J connectivity index is 0.000000548. The molecular formula is C28H40N4O4. The zero-order chi connectivity index (χ0) is 27.0. The molecule has 0 saturated carbocycles. The van der Waals surface area contributed by atoms with Crippen LogP contribution in [0.25, 0.3) is 6.08 Å². The van der Waals surface area contributed by atoms with Crippen LogP contribution >= 0.6 is 0 Å². The van der Waals surface area contributed by atoms with Gasteiger partial charge in [0.2, 0.25) is 0 Å². The fourth-order valence-corrected chi connectivity index (χ4v) is 3.58. The number of carbonyl (C=O) groups is 2. The summed E-state index contributed by atoms with van der Waals surface area (Å²) in [6.07, 6.45) is 10.5. The normalized spacial score (nSPS) is 17.1. The summed E-state index contributed by atoms with van der Waals surface area (Å²) in [6.45, 7) is 10.8. The lowest BCUT2D eigenvalue weighted by Gasteiger charge is -2.21. The van der Waals surface area contributed by atoms with Crippen LogP contribution in [-0.4, -0.2) is 56.0 Å². The Bertz CT molecular complexity index is 945. The van der Waals surface area contributed by atoms with Gasteiger partial charge in [-0.3, -0.25) is 4.48 Å². The fourth-order valence-electron chi connectivity index (χ4n) is 3.58. The number of unbranched alkanes of at least 4 members (excludes halogenated alkanes) is 1. The monoisotopic (exact) mass is 496 g/mol. The molecule has 36 heavy (non-hydrogen) atoms. The van der Waals surface area contributed by atoms with E-state index in [2.05, 4.69) is 30.7 Å². The van der Waals surface area contributed by atoms with Gasteiger partial charge in [0.25, 0.3) is 0 Å². The maximum Gasteiger partial charge on any atom is 0.349 e. The lowest BCUT2D eigenvalue weighted by Crippen LogP contribution is -2.38. The van der Waals surface area contributed by atoms with Gasteiger partial charge in [-0.15, -0.1) is 0 Å². The third-order valence-electron chi connectivity index (χ3n) is 6.04. The number of benzene rings is 1. The second-order valence-corrected chi connectivity index (χ2v) is 8.77. The molecule has 0 N–H and O–H groups in total. The van der Waals surface area contributed by atoms with E-state index >= 15 is 0 Å². The number of carboxylic acid groups (broad SMARTS) is 1. The highest BCUT2D eigenvalue weighted by Gasteiger charge is 2.20. The van der Waals surface area contributed by atoms with E-state index in [1.54, 1.807) is 18.6 Å². The summed E-state index contributed by atoms with van der Waals surface area (Å²) in [5.74, 6) is -1.72. The zero-order valence-electron chi connectivity index (χ0n) is 22.3. The van der Waals surface area contributed by atoms with Gasteiger partial charge in [-0.25, -0.2) is 9.79 Å². The number of nitrogens with zero attached hydrogens (tertiary/aromatic N) is 4. The van der Waals surface area contributed by atoms with Crippen LogP contribution in [0.3, 0.4) is 0 Å². The molecule has 2 atom stereocenters. The van der Waals surface area contributed by atoms with Gasteiger partial charge < -0.3 is 19.5 Å². The van der Waals surface area contributed by atoms with Gasteiger partial charge in [-0.2, -0.15) is 5.26 Å². The van der Waals surface area contributed by atoms with Crippen LogP contribution in [0.15, 0.2) is 47.2 Å². The molecule has 0 saturated heterocycles. The Morgan fingerprint density at radius 2 is 1.86 bits per heavy atom. The quantitative estimate of drug-likeness (QED) is 0.177. The summed E-state index contributed by atoms with van der Waals surface area (Å²) in [5, 5.41) is 19.6. The number of quaternary nitrogens is 1. The summed E-state index contributed by atoms with van der Waals surface area (Å²) < 4.78 is 5.72. The van der Waals surface area contributed by atoms with E-state index in [0.717, 1.165) is 43.6 Å². The highest BCUT2D eigenvalue weighted by molar-refractivity contribution is 5.97. The minimum Gasteiger partial charge on any atom is -0.550 e. The number of likely N-dealkylation sites (N-methyl/N-ethyl adjacent to an activating group) is 1. The van der Waals surface area contributed by atoms with Gasteiger partial charge in [0.15, 0.2) is 6.34 Å². The molecule has 2 rings (SSSR count). The van der Waals surface area contributed by atoms with Crippen molar-refractivity contribution in [2.75, 3.05) is 38.2 Å². The van der Waals surface area contributed by atoms with Gasteiger partial charge in [-0.05, 0) is 56.4 Å². The predicted molar refractivity (Wildman–Crippen MR) is 142 cm³/mol. The van der Waals surface area contributed by atoms with Crippen molar-refractivity contribution in [3.8, 4) is 6.07 Å². The highest BCUT2D eigenvalue weighted by atomic mass is 16.5. The minimum absolute atomic E-state index is 0.00567. The van der Waals surface area contributed by atoms with Crippen LogP contribution in [0.1, 0.15) is 58.9 Å². The van der Waals surface area contributed by atoms with E-state index in [4.69, 9.17) is 4.74 Å². The van der Waals surface area contributed by atoms with E-state index < -0.39 is 11.9 Å². The zero-order valence-corrected chi connectivity index (χ0v) is 22.3. The molecule has 8 heteroatoms. The van der Waals surface area contributed by atoms with Gasteiger partial charge in [0.1, 0.15) is 31.0 Å². The van der Waals surface area contributed by atoms with Gasteiger partial charge in [0.05, 0.1) is 13.2 Å². The topological polar surface area (TPSA) is 106 Å². The minimum atomic E-state index is -0.893. The number of hydrogen-bond donors (Lipinski definition) is 0. The van der Waals surface area contributed by atoms with E-state index in [0.29, 0.717) is 17.4 Å². The number of carbonyl (C=O) groups excluding carboxylic acids is 2. The Hall–Kier alpha value is -3.44. The third-order valence-corrected chi connectivity index (χ3v) is 6.04. The average Bonchev–Trinajstić information content (AvgIpc) is 3.31. The second kappa shape index (κ2) is 16.3. The summed E-state index contributed by atoms with van der Waals surface area (Å²) in [7, 11) is 1.96. The lowest BCUT2D eigenvalue weighted by molar-refractivity contribution is -0.756. The number of ether oxygens (including phenoxy) is 1. The smallest absolute Gasteiger partial charge is 0.349 e. The number of esters is 1. The Morgan fingerprint density at radius 1 is 1.19 bits per heavy atom. The van der Waals surface area contributed by atoms with Gasteiger partial charge in [-0.1, -0.05) is 38.8 Å². The van der Waals surface area contributed by atoms with Crippen molar-refractivity contribution < 1.29 is 23.9 Å². The molecule has 0 radical (unpaired) electrons. The molecule has 0 bridgehead atoms. The molecule has 1 aromatic carbocycles. The second-order valence-electron chi connectivity index (χ2n) is 8.77. The fraction of sp³-hybridized carbons (Fsp3) is 0.500. The lowest BCUT2D eigenvalue weighted by atomic mass is 10.00. The number of aliphatic imine (C=N–C) groups is 1. The molecule has 1 aliphatic rings. The molecule has 0 aliphatic carbocycles. The van der Waals surface area contributed by atoms with Crippen molar-refractivity contribution in [1.29, 1.82) is 5.26 Å². The van der Waals surface area contributed by atoms with Crippen molar-refractivity contribution in [2.24, 2.45) is 10.9 Å². The average molecular weight is 497 g/mol. The summed E-state index contributed by atoms with van der Waals surface area (Å²) in [5.41, 5.74) is 1.91. The Morgan fingerprint density at radius 3 is 2.33 bits per heavy atom. The molecule has 0 aromatic heterocycles. The Kier molecular flexibility index (Phi) is 13.8. The predicted octanol–water partition coefficient (Wildman–Crippen LogP) is 3.90. The Labute approximate surface area is 215 Å². The molecule has 8 nitrogen and oxygen atoms in total. The molecule has 0 spiro atoms. The van der Waals surface area contributed by atoms with Crippen LogP contribution in [0.4, 0.5) is 5.69 Å². The van der Waals surface area contributed by atoms with E-state index in [1.165, 1.54) is 0 Å². The van der Waals surface area contributed by atoms with Crippen molar-refractivity contribution in [1.82, 2.24) is 0 Å². The molecule has 1 heterocycles. The van der Waals surface area contributed by atoms with E-state index in [-0.39, 0.29) is 18.1 Å². The maximum atomic E-state index is 12.1. The first-order chi connectivity index (χ1) is 17.2. The molecule has 2 unspecified atom stereocenters. The number of anilines is 1. The number of nitriles is 1. The standard InChI is InChI=1S/C20H25N4O2.C8H16O2/c1-4-23(5-2)19-8-6-17(7-9-19)14-18(15-21)20(25)26-13-12-24(3)11-10-22-16-24;1-3-5-6-7(4-2)8(9)10/h6-11,14,16H,4-5,12-13H2,1-3H3;7H,3-6H2,1-2H3,(H,9,10)/q+1;/p-1/b18-14-;. The molecular weight excluding hydrogens is 456 g/mol. The number of rotatable bonds is 13.